The molecule has 6 fully saturated rings. The molecule has 0 aromatic carbocycles. The van der Waals surface area contributed by atoms with Crippen LogP contribution in [0.25, 0.3) is 0 Å². The molecule has 7 aliphatic rings. The van der Waals surface area contributed by atoms with Crippen LogP contribution in [-0.4, -0.2) is 51.5 Å². The molecule has 1 unspecified atom stereocenters. The zero-order chi connectivity index (χ0) is 26.1. The fourth-order valence-corrected chi connectivity index (χ4v) is 11.7. The summed E-state index contributed by atoms with van der Waals surface area (Å²) in [5.74, 6) is -0.683. The summed E-state index contributed by atoms with van der Waals surface area (Å²) in [7, 11) is 0. The molecular weight excluding hydrogens is 456 g/mol. The Morgan fingerprint density at radius 1 is 1.06 bits per heavy atom. The van der Waals surface area contributed by atoms with E-state index in [1.807, 2.05) is 0 Å². The van der Waals surface area contributed by atoms with Crippen LogP contribution in [0.5, 0.6) is 0 Å². The molecule has 3 spiro atoms. The Labute approximate surface area is 214 Å². The summed E-state index contributed by atoms with van der Waals surface area (Å²) in [5, 5.41) is 23.3. The lowest BCUT2D eigenvalue weighted by atomic mass is 9.41. The van der Waals surface area contributed by atoms with Gasteiger partial charge >= 0.3 is 0 Å². The van der Waals surface area contributed by atoms with Gasteiger partial charge in [0, 0.05) is 28.6 Å². The average Bonchev–Trinajstić information content (AvgIpc) is 3.27. The van der Waals surface area contributed by atoms with Crippen molar-refractivity contribution < 1.29 is 29.3 Å². The number of aliphatic hydroxyl groups is 2. The smallest absolute Gasteiger partial charge is 0.200 e. The van der Waals surface area contributed by atoms with E-state index >= 15 is 0 Å². The van der Waals surface area contributed by atoms with Crippen molar-refractivity contribution in [2.24, 2.45) is 50.7 Å². The van der Waals surface area contributed by atoms with Crippen molar-refractivity contribution in [1.29, 1.82) is 0 Å². The second kappa shape index (κ2) is 6.21. The number of hydrogen-bond donors (Lipinski definition) is 2. The van der Waals surface area contributed by atoms with Crippen molar-refractivity contribution in [3.05, 3.63) is 12.2 Å². The largest absolute Gasteiger partial charge is 0.388 e. The summed E-state index contributed by atoms with van der Waals surface area (Å²) in [6.07, 6.45) is 6.03. The lowest BCUT2D eigenvalue weighted by Crippen LogP contribution is -2.62. The van der Waals surface area contributed by atoms with Gasteiger partial charge in [-0.15, -0.1) is 0 Å². The molecule has 2 N–H and O–H groups in total. The van der Waals surface area contributed by atoms with E-state index in [1.165, 1.54) is 0 Å². The van der Waals surface area contributed by atoms with Gasteiger partial charge in [0.25, 0.3) is 0 Å². The summed E-state index contributed by atoms with van der Waals surface area (Å²) in [4.78, 5) is 27.4. The molecular formula is C30H42O6. The SMILES string of the molecule is C[C@@H]1CC2O[C@@]3(O[C@H]2C(C)(C)O)[C@H](O)[C@@]2(C)[C@@H]4CC[C@H]5C(C)(C)C(=O)C=C[C@@]56C[C@@]46CC(=O)[C@]2(C)[C@@H]13. The highest BCUT2D eigenvalue weighted by atomic mass is 16.8. The van der Waals surface area contributed by atoms with Gasteiger partial charge in [-0.3, -0.25) is 9.59 Å². The highest BCUT2D eigenvalue weighted by Crippen LogP contribution is 2.88. The lowest BCUT2D eigenvalue weighted by molar-refractivity contribution is -0.282. The number of ketones is 2. The van der Waals surface area contributed by atoms with Crippen molar-refractivity contribution in [3.63, 3.8) is 0 Å². The first kappa shape index (κ1) is 24.0. The van der Waals surface area contributed by atoms with Gasteiger partial charge < -0.3 is 19.7 Å². The quantitative estimate of drug-likeness (QED) is 0.571. The Balaban J connectivity index is 1.38. The Hall–Kier alpha value is -1.08. The molecule has 0 aromatic heterocycles. The number of ether oxygens (including phenoxy) is 2. The van der Waals surface area contributed by atoms with Crippen LogP contribution in [0.2, 0.25) is 0 Å². The van der Waals surface area contributed by atoms with E-state index in [2.05, 4.69) is 40.7 Å². The Morgan fingerprint density at radius 2 is 1.72 bits per heavy atom. The molecule has 4 saturated carbocycles. The van der Waals surface area contributed by atoms with E-state index in [9.17, 15) is 19.8 Å². The Kier molecular flexibility index (Phi) is 4.14. The van der Waals surface area contributed by atoms with Gasteiger partial charge in [0.05, 0.1) is 11.7 Å². The zero-order valence-electron chi connectivity index (χ0n) is 22.8. The first-order valence-electron chi connectivity index (χ1n) is 14.1. The maximum absolute atomic E-state index is 14.5. The van der Waals surface area contributed by atoms with Gasteiger partial charge in [-0.25, -0.2) is 0 Å². The summed E-state index contributed by atoms with van der Waals surface area (Å²) >= 11 is 0. The van der Waals surface area contributed by atoms with Gasteiger partial charge in [-0.05, 0) is 74.2 Å². The van der Waals surface area contributed by atoms with Crippen molar-refractivity contribution in [2.45, 2.75) is 110 Å². The molecule has 6 heteroatoms. The number of aliphatic hydroxyl groups excluding tert-OH is 1. The number of Topliss-reactive ketones (excluding diaryl/α,β-unsaturated/α-hetero) is 1. The van der Waals surface area contributed by atoms with Crippen molar-refractivity contribution in [1.82, 2.24) is 0 Å². The predicted molar refractivity (Wildman–Crippen MR) is 132 cm³/mol. The normalized spacial score (nSPS) is 60.1. The van der Waals surface area contributed by atoms with Gasteiger partial charge in [-0.2, -0.15) is 0 Å². The monoisotopic (exact) mass is 498 g/mol. The van der Waals surface area contributed by atoms with Gasteiger partial charge in [0.15, 0.2) is 11.6 Å². The molecule has 0 radical (unpaired) electrons. The molecule has 198 valence electrons. The predicted octanol–water partition coefficient (Wildman–Crippen LogP) is 3.82. The summed E-state index contributed by atoms with van der Waals surface area (Å²) < 4.78 is 13.3. The van der Waals surface area contributed by atoms with Crippen LogP contribution in [0.1, 0.15) is 80.6 Å². The Bertz CT molecular complexity index is 1120. The molecule has 5 aliphatic carbocycles. The molecule has 12 atom stereocenters. The Morgan fingerprint density at radius 3 is 2.39 bits per heavy atom. The highest BCUT2D eigenvalue weighted by Gasteiger charge is 2.89. The number of carbonyl (C=O) groups excluding carboxylic acids is 2. The van der Waals surface area contributed by atoms with Crippen LogP contribution in [0.3, 0.4) is 0 Å². The zero-order valence-corrected chi connectivity index (χ0v) is 22.8. The lowest BCUT2D eigenvalue weighted by Gasteiger charge is -2.60. The number of hydrogen-bond acceptors (Lipinski definition) is 6. The number of rotatable bonds is 1. The molecule has 36 heavy (non-hydrogen) atoms. The number of allylic oxidation sites excluding steroid dienone is 2. The van der Waals surface area contributed by atoms with Gasteiger partial charge in [0.2, 0.25) is 0 Å². The van der Waals surface area contributed by atoms with Crippen LogP contribution >= 0.6 is 0 Å². The minimum Gasteiger partial charge on any atom is -0.388 e. The summed E-state index contributed by atoms with van der Waals surface area (Å²) in [6.45, 7) is 14.0. The molecule has 0 amide bonds. The third-order valence-corrected chi connectivity index (χ3v) is 13.2. The molecule has 6 nitrogen and oxygen atoms in total. The number of carbonyl (C=O) groups is 2. The van der Waals surface area contributed by atoms with Crippen LogP contribution in [0.15, 0.2) is 12.2 Å². The van der Waals surface area contributed by atoms with Gasteiger partial charge in [-0.1, -0.05) is 40.7 Å². The first-order valence-corrected chi connectivity index (χ1v) is 14.1. The van der Waals surface area contributed by atoms with E-state index in [-0.39, 0.29) is 52.2 Å². The first-order chi connectivity index (χ1) is 16.5. The third kappa shape index (κ3) is 2.15. The number of fused-ring (bicyclic) bond motifs is 4. The van der Waals surface area contributed by atoms with Crippen molar-refractivity contribution in [2.75, 3.05) is 0 Å². The average molecular weight is 499 g/mol. The topological polar surface area (TPSA) is 93.1 Å². The van der Waals surface area contributed by atoms with E-state index in [0.29, 0.717) is 12.8 Å². The molecule has 2 aliphatic heterocycles. The summed E-state index contributed by atoms with van der Waals surface area (Å²) in [5.41, 5.74) is -3.45. The van der Waals surface area contributed by atoms with Crippen LogP contribution in [-0.2, 0) is 19.1 Å². The summed E-state index contributed by atoms with van der Waals surface area (Å²) in [6, 6.07) is 0. The van der Waals surface area contributed by atoms with Crippen LogP contribution in [0, 0.1) is 50.7 Å². The molecule has 2 saturated heterocycles. The minimum atomic E-state index is -1.28. The van der Waals surface area contributed by atoms with E-state index in [4.69, 9.17) is 9.47 Å². The van der Waals surface area contributed by atoms with E-state index < -0.39 is 39.8 Å². The molecule has 0 aromatic rings. The fraction of sp³-hybridized carbons (Fsp3) is 0.867. The minimum absolute atomic E-state index is 0.117. The van der Waals surface area contributed by atoms with Crippen molar-refractivity contribution >= 4 is 11.6 Å². The maximum Gasteiger partial charge on any atom is 0.200 e. The maximum atomic E-state index is 14.5. The molecule has 2 heterocycles. The van der Waals surface area contributed by atoms with Crippen LogP contribution < -0.4 is 0 Å². The highest BCUT2D eigenvalue weighted by molar-refractivity contribution is 5.96. The standard InChI is InChI=1S/C30H42O6/c1-15-12-16-22(25(4,5)34)36-30(35-16)21(15)27(7)20(32)13-29-14-28(29)11-10-19(31)24(2,3)17(28)8-9-18(29)26(27,6)23(30)33/h10-11,15-18,21-23,33-34H,8-9,12-14H2,1-7H3/t15-,16?,17+,18+,21-,22-,23-,26-,27-,28-,29+,30+/m1/s1. The fourth-order valence-electron chi connectivity index (χ4n) is 11.7. The second-order valence-corrected chi connectivity index (χ2v) is 15.2. The van der Waals surface area contributed by atoms with Gasteiger partial charge in [0.1, 0.15) is 18.0 Å². The molecule has 7 rings (SSSR count). The molecule has 2 bridgehead atoms. The van der Waals surface area contributed by atoms with E-state index in [1.54, 1.807) is 19.9 Å². The van der Waals surface area contributed by atoms with Crippen LogP contribution in [0.4, 0.5) is 0 Å². The second-order valence-electron chi connectivity index (χ2n) is 15.2. The van der Waals surface area contributed by atoms with E-state index in [0.717, 1.165) is 19.3 Å². The van der Waals surface area contributed by atoms with Crippen molar-refractivity contribution in [3.8, 4) is 0 Å². The third-order valence-electron chi connectivity index (χ3n) is 13.2.